The van der Waals surface area contributed by atoms with Gasteiger partial charge in [-0.05, 0) is 6.07 Å². The lowest BCUT2D eigenvalue weighted by Gasteiger charge is -2.27. The first-order chi connectivity index (χ1) is 14.1. The molecule has 1 aromatic heterocycles. The van der Waals surface area contributed by atoms with Crippen LogP contribution in [-0.2, 0) is 27.2 Å². The minimum absolute atomic E-state index is 0.0654. The average molecular weight is 488 g/mol. The number of phosphoric ester groups is 1. The first kappa shape index (κ1) is 26.0. The average Bonchev–Trinajstić information content (AvgIpc) is 2.86. The van der Waals surface area contributed by atoms with Crippen LogP contribution in [0.25, 0.3) is 0 Å². The van der Waals surface area contributed by atoms with Crippen LogP contribution in [0.3, 0.4) is 0 Å². The highest BCUT2D eigenvalue weighted by Gasteiger charge is 2.46. The van der Waals surface area contributed by atoms with Crippen molar-refractivity contribution >= 4 is 21.5 Å². The zero-order chi connectivity index (χ0) is 23.6. The molecule has 0 aliphatic carbocycles. The second-order valence-corrected chi connectivity index (χ2v) is 10.7. The van der Waals surface area contributed by atoms with Gasteiger partial charge < -0.3 is 35.0 Å². The van der Waals surface area contributed by atoms with Crippen molar-refractivity contribution in [3.8, 4) is 0 Å². The fourth-order valence-corrected chi connectivity index (χ4v) is 4.62. The Morgan fingerprint density at radius 1 is 1.29 bits per heavy atom. The van der Waals surface area contributed by atoms with Crippen LogP contribution in [-0.4, -0.2) is 88.4 Å². The standard InChI is InChI=1S/C14H26N4O11P2/c1-18(2,3)6-7-26-31(25,29-30(22,23)24)27-8-9-11(19)12(20)13(28-9)17-5-4-10(15)16-14(17)21/h4-5,9,11-13,19-20H,6-8H2,1-3H3,(H3-,15,16,21,22,23,24)/t9?,11-,12?,13-,31?/m1/s1. The second kappa shape index (κ2) is 9.73. The highest BCUT2D eigenvalue weighted by Crippen LogP contribution is 2.59. The lowest BCUT2D eigenvalue weighted by atomic mass is 10.1. The molecule has 0 bridgehead atoms. The summed E-state index contributed by atoms with van der Waals surface area (Å²) in [6.45, 7) is -0.748. The van der Waals surface area contributed by atoms with Crippen molar-refractivity contribution in [2.45, 2.75) is 24.5 Å². The molecule has 1 fully saturated rings. The maximum atomic E-state index is 12.6. The van der Waals surface area contributed by atoms with Crippen LogP contribution in [0.15, 0.2) is 17.1 Å². The highest BCUT2D eigenvalue weighted by atomic mass is 31.3. The number of ether oxygens (including phenoxy) is 1. The Labute approximate surface area is 177 Å². The van der Waals surface area contributed by atoms with Gasteiger partial charge in [0.05, 0.1) is 27.7 Å². The number of nitrogen functional groups attached to an aromatic ring is 1. The first-order valence-corrected chi connectivity index (χ1v) is 11.9. The Morgan fingerprint density at radius 3 is 2.48 bits per heavy atom. The predicted molar refractivity (Wildman–Crippen MR) is 102 cm³/mol. The summed E-state index contributed by atoms with van der Waals surface area (Å²) in [7, 11) is -4.98. The molecule has 0 amide bonds. The Kier molecular flexibility index (Phi) is 8.17. The van der Waals surface area contributed by atoms with Crippen LogP contribution < -0.4 is 16.3 Å². The van der Waals surface area contributed by atoms with Gasteiger partial charge >= 0.3 is 13.5 Å². The fraction of sp³-hybridized carbons (Fsp3) is 0.714. The number of nitrogens with zero attached hydrogens (tertiary/aromatic N) is 3. The van der Waals surface area contributed by atoms with Gasteiger partial charge in [-0.15, -0.1) is 0 Å². The molecule has 0 saturated carbocycles. The summed E-state index contributed by atoms with van der Waals surface area (Å²) >= 11 is 0. The van der Waals surface area contributed by atoms with Crippen molar-refractivity contribution in [3.05, 3.63) is 22.7 Å². The number of anilines is 1. The maximum Gasteiger partial charge on any atom is 0.481 e. The molecule has 4 unspecified atom stereocenters. The van der Waals surface area contributed by atoms with Crippen molar-refractivity contribution in [2.75, 3.05) is 46.6 Å². The van der Waals surface area contributed by atoms with Gasteiger partial charge in [-0.1, -0.05) is 0 Å². The number of aliphatic hydroxyl groups is 2. The SMILES string of the molecule is C[N+](C)(C)CCOP(=O)(OCC1O[C@@H](n2ccc(N)nc2=O)C(O)[C@@H]1O)OP(=O)([O-])O. The molecule has 1 aliphatic rings. The van der Waals surface area contributed by atoms with Gasteiger partial charge in [0.2, 0.25) is 0 Å². The number of quaternary nitrogens is 1. The third-order valence-electron chi connectivity index (χ3n) is 4.07. The molecule has 1 aliphatic heterocycles. The second-order valence-electron chi connectivity index (χ2n) is 7.73. The molecule has 0 radical (unpaired) electrons. The molecule has 2 heterocycles. The molecule has 5 N–H and O–H groups in total. The van der Waals surface area contributed by atoms with E-state index in [1.165, 1.54) is 12.3 Å². The zero-order valence-corrected chi connectivity index (χ0v) is 18.8. The number of phosphoric acid groups is 2. The smallest absolute Gasteiger partial charge is 0.481 e. The number of hydrogen-bond acceptors (Lipinski definition) is 12. The predicted octanol–water partition coefficient (Wildman–Crippen LogP) is -2.23. The number of likely N-dealkylation sites (N-methyl/N-ethyl adjacent to an activating group) is 1. The van der Waals surface area contributed by atoms with E-state index < -0.39 is 52.5 Å². The van der Waals surface area contributed by atoms with E-state index in [1.54, 1.807) is 21.1 Å². The molecular weight excluding hydrogens is 462 g/mol. The minimum Gasteiger partial charge on any atom is -0.756 e. The van der Waals surface area contributed by atoms with Crippen molar-refractivity contribution in [1.82, 2.24) is 9.55 Å². The van der Waals surface area contributed by atoms with E-state index in [0.717, 1.165) is 4.57 Å². The summed E-state index contributed by atoms with van der Waals surface area (Å²) < 4.78 is 44.3. The van der Waals surface area contributed by atoms with E-state index in [4.69, 9.17) is 24.4 Å². The van der Waals surface area contributed by atoms with E-state index >= 15 is 0 Å². The van der Waals surface area contributed by atoms with Gasteiger partial charge in [0.25, 0.3) is 7.82 Å². The van der Waals surface area contributed by atoms with Crippen LogP contribution in [0, 0.1) is 0 Å². The van der Waals surface area contributed by atoms with Gasteiger partial charge in [-0.25, -0.2) is 13.7 Å². The van der Waals surface area contributed by atoms with Crippen molar-refractivity contribution < 1.29 is 51.7 Å². The lowest BCUT2D eigenvalue weighted by molar-refractivity contribution is -0.870. The third kappa shape index (κ3) is 7.70. The topological polar surface area (TPSA) is 216 Å². The molecule has 15 nitrogen and oxygen atoms in total. The summed E-state index contributed by atoms with van der Waals surface area (Å²) in [6, 6.07) is 1.27. The number of rotatable bonds is 10. The molecule has 6 atom stereocenters. The maximum absolute atomic E-state index is 12.6. The summed E-state index contributed by atoms with van der Waals surface area (Å²) in [5.74, 6) is -0.0654. The van der Waals surface area contributed by atoms with Gasteiger partial charge in [-0.3, -0.25) is 18.2 Å². The molecule has 0 aromatic carbocycles. The van der Waals surface area contributed by atoms with E-state index in [-0.39, 0.29) is 19.0 Å². The van der Waals surface area contributed by atoms with Crippen LogP contribution in [0.5, 0.6) is 0 Å². The van der Waals surface area contributed by atoms with Crippen LogP contribution in [0.1, 0.15) is 6.23 Å². The number of aliphatic hydroxyl groups excluding tert-OH is 2. The van der Waals surface area contributed by atoms with Crippen LogP contribution in [0.2, 0.25) is 0 Å². The summed E-state index contributed by atoms with van der Waals surface area (Å²) in [5.41, 5.74) is 4.54. The summed E-state index contributed by atoms with van der Waals surface area (Å²) in [5, 5.41) is 20.4. The summed E-state index contributed by atoms with van der Waals surface area (Å²) in [6.07, 6.45) is -4.79. The first-order valence-electron chi connectivity index (χ1n) is 8.91. The molecule has 1 saturated heterocycles. The molecule has 1 aromatic rings. The third-order valence-corrected chi connectivity index (χ3v) is 6.66. The van der Waals surface area contributed by atoms with Gasteiger partial charge in [0.1, 0.15) is 37.3 Å². The zero-order valence-electron chi connectivity index (χ0n) is 17.0. The molecule has 2 rings (SSSR count). The molecule has 31 heavy (non-hydrogen) atoms. The fourth-order valence-electron chi connectivity index (χ4n) is 2.52. The van der Waals surface area contributed by atoms with Crippen LogP contribution >= 0.6 is 15.6 Å². The molecular formula is C14H26N4O11P2. The molecule has 0 spiro atoms. The lowest BCUT2D eigenvalue weighted by Crippen LogP contribution is -2.37. The Morgan fingerprint density at radius 2 is 1.94 bits per heavy atom. The van der Waals surface area contributed by atoms with E-state index in [0.29, 0.717) is 4.48 Å². The Bertz CT molecular complexity index is 914. The van der Waals surface area contributed by atoms with E-state index in [2.05, 4.69) is 9.29 Å². The molecule has 17 heteroatoms. The summed E-state index contributed by atoms with van der Waals surface area (Å²) in [4.78, 5) is 35.4. The van der Waals surface area contributed by atoms with Gasteiger partial charge in [0, 0.05) is 6.20 Å². The van der Waals surface area contributed by atoms with Gasteiger partial charge in [-0.2, -0.15) is 4.98 Å². The quantitative estimate of drug-likeness (QED) is 0.203. The monoisotopic (exact) mass is 488 g/mol. The van der Waals surface area contributed by atoms with Crippen molar-refractivity contribution in [3.63, 3.8) is 0 Å². The largest absolute Gasteiger partial charge is 0.756 e. The van der Waals surface area contributed by atoms with Gasteiger partial charge in [0.15, 0.2) is 6.23 Å². The van der Waals surface area contributed by atoms with E-state index in [1.807, 2.05) is 0 Å². The van der Waals surface area contributed by atoms with Crippen molar-refractivity contribution in [1.29, 1.82) is 0 Å². The Balaban J connectivity index is 2.10. The number of hydrogen-bond donors (Lipinski definition) is 4. The number of aromatic nitrogens is 2. The minimum atomic E-state index is -5.51. The highest BCUT2D eigenvalue weighted by molar-refractivity contribution is 7.60. The van der Waals surface area contributed by atoms with E-state index in [9.17, 15) is 29.0 Å². The normalized spacial score (nSPS) is 28.2. The molecule has 178 valence electrons. The number of nitrogens with two attached hydrogens (primary N) is 1. The Hall–Kier alpha value is -1.22. The van der Waals surface area contributed by atoms with Crippen LogP contribution in [0.4, 0.5) is 5.82 Å². The van der Waals surface area contributed by atoms with Crippen molar-refractivity contribution in [2.24, 2.45) is 0 Å².